The highest BCUT2D eigenvalue weighted by atomic mass is 35.5. The Bertz CT molecular complexity index is 529. The first-order valence-electron chi connectivity index (χ1n) is 4.88. The van der Waals surface area contributed by atoms with E-state index < -0.39 is 0 Å². The standard InChI is InChI=1S/C10H11ClN4O/c1-3-15-5-4-8(12-15)9-7(6-16)10(11)14(2)13-9/h4-6H,3H2,1-2H3. The molecule has 6 heteroatoms. The summed E-state index contributed by atoms with van der Waals surface area (Å²) < 4.78 is 3.23. The van der Waals surface area contributed by atoms with Crippen LogP contribution in [0.3, 0.4) is 0 Å². The normalized spacial score (nSPS) is 10.7. The summed E-state index contributed by atoms with van der Waals surface area (Å²) >= 11 is 5.94. The van der Waals surface area contributed by atoms with Crippen molar-refractivity contribution in [3.05, 3.63) is 23.0 Å². The number of carbonyl (C=O) groups is 1. The summed E-state index contributed by atoms with van der Waals surface area (Å²) in [6.07, 6.45) is 2.54. The number of carbonyl (C=O) groups excluding carboxylic acids is 1. The molecule has 0 aliphatic carbocycles. The fourth-order valence-electron chi connectivity index (χ4n) is 1.48. The lowest BCUT2D eigenvalue weighted by molar-refractivity contribution is 0.112. The lowest BCUT2D eigenvalue weighted by atomic mass is 10.2. The third-order valence-corrected chi connectivity index (χ3v) is 2.78. The van der Waals surface area contributed by atoms with Gasteiger partial charge in [-0.25, -0.2) is 0 Å². The van der Waals surface area contributed by atoms with Crippen molar-refractivity contribution in [2.45, 2.75) is 13.5 Å². The van der Waals surface area contributed by atoms with Gasteiger partial charge in [0.2, 0.25) is 0 Å². The Kier molecular flexibility index (Phi) is 2.78. The van der Waals surface area contributed by atoms with Crippen molar-refractivity contribution in [2.24, 2.45) is 7.05 Å². The van der Waals surface area contributed by atoms with Gasteiger partial charge in [-0.15, -0.1) is 0 Å². The molecule has 0 fully saturated rings. The summed E-state index contributed by atoms with van der Waals surface area (Å²) in [6, 6.07) is 1.81. The van der Waals surface area contributed by atoms with Crippen molar-refractivity contribution in [3.8, 4) is 11.4 Å². The number of hydrogen-bond donors (Lipinski definition) is 0. The van der Waals surface area contributed by atoms with Crippen LogP contribution in [0.2, 0.25) is 5.15 Å². The van der Waals surface area contributed by atoms with Gasteiger partial charge in [0.1, 0.15) is 16.5 Å². The summed E-state index contributed by atoms with van der Waals surface area (Å²) in [5, 5.41) is 8.79. The number of rotatable bonds is 3. The lowest BCUT2D eigenvalue weighted by Crippen LogP contribution is -1.95. The van der Waals surface area contributed by atoms with Crippen LogP contribution in [0.15, 0.2) is 12.3 Å². The van der Waals surface area contributed by atoms with Gasteiger partial charge in [-0.2, -0.15) is 10.2 Å². The second-order valence-corrected chi connectivity index (χ2v) is 3.71. The molecule has 0 N–H and O–H groups in total. The third-order valence-electron chi connectivity index (χ3n) is 2.34. The maximum atomic E-state index is 10.9. The first kappa shape index (κ1) is 10.9. The molecule has 2 aromatic heterocycles. The Labute approximate surface area is 97.6 Å². The quantitative estimate of drug-likeness (QED) is 0.766. The van der Waals surface area contributed by atoms with Gasteiger partial charge in [0, 0.05) is 19.8 Å². The van der Waals surface area contributed by atoms with Gasteiger partial charge >= 0.3 is 0 Å². The molecule has 0 saturated carbocycles. The summed E-state index contributed by atoms with van der Waals surface area (Å²) in [6.45, 7) is 2.76. The molecule has 0 amide bonds. The Balaban J connectivity index is 2.54. The van der Waals surface area contributed by atoms with E-state index in [-0.39, 0.29) is 0 Å². The third kappa shape index (κ3) is 1.63. The Morgan fingerprint density at radius 3 is 2.81 bits per heavy atom. The molecule has 0 aliphatic rings. The topological polar surface area (TPSA) is 52.7 Å². The van der Waals surface area contributed by atoms with E-state index in [0.717, 1.165) is 6.54 Å². The fraction of sp³-hybridized carbons (Fsp3) is 0.300. The second kappa shape index (κ2) is 4.09. The average molecular weight is 239 g/mol. The summed E-state index contributed by atoms with van der Waals surface area (Å²) in [4.78, 5) is 10.9. The molecular formula is C10H11ClN4O. The van der Waals surface area contributed by atoms with Crippen LogP contribution in [0, 0.1) is 0 Å². The molecular weight excluding hydrogens is 228 g/mol. The molecule has 0 saturated heterocycles. The molecule has 84 valence electrons. The number of hydrogen-bond acceptors (Lipinski definition) is 3. The lowest BCUT2D eigenvalue weighted by Gasteiger charge is -1.93. The van der Waals surface area contributed by atoms with E-state index in [9.17, 15) is 4.79 Å². The van der Waals surface area contributed by atoms with E-state index in [0.29, 0.717) is 28.4 Å². The maximum absolute atomic E-state index is 10.9. The Morgan fingerprint density at radius 2 is 2.25 bits per heavy atom. The highest BCUT2D eigenvalue weighted by molar-refractivity contribution is 6.32. The van der Waals surface area contributed by atoms with E-state index in [1.165, 1.54) is 4.68 Å². The zero-order valence-electron chi connectivity index (χ0n) is 9.01. The van der Waals surface area contributed by atoms with Crippen LogP contribution in [-0.4, -0.2) is 25.8 Å². The summed E-state index contributed by atoms with van der Waals surface area (Å²) in [5.74, 6) is 0. The minimum absolute atomic E-state index is 0.330. The predicted molar refractivity (Wildman–Crippen MR) is 60.5 cm³/mol. The summed E-state index contributed by atoms with van der Waals surface area (Å²) in [7, 11) is 1.69. The van der Waals surface area contributed by atoms with Gasteiger partial charge in [0.15, 0.2) is 6.29 Å². The van der Waals surface area contributed by atoms with Crippen molar-refractivity contribution >= 4 is 17.9 Å². The van der Waals surface area contributed by atoms with Crippen LogP contribution in [0.5, 0.6) is 0 Å². The molecule has 2 aromatic rings. The average Bonchev–Trinajstić information content (AvgIpc) is 2.85. The molecule has 0 radical (unpaired) electrons. The minimum Gasteiger partial charge on any atom is -0.298 e. The zero-order valence-corrected chi connectivity index (χ0v) is 9.77. The molecule has 0 spiro atoms. The van der Waals surface area contributed by atoms with E-state index in [2.05, 4.69) is 10.2 Å². The van der Waals surface area contributed by atoms with Crippen molar-refractivity contribution in [2.75, 3.05) is 0 Å². The summed E-state index contributed by atoms with van der Waals surface area (Å²) in [5.41, 5.74) is 1.56. The number of aromatic nitrogens is 4. The largest absolute Gasteiger partial charge is 0.298 e. The van der Waals surface area contributed by atoms with Crippen LogP contribution in [0.4, 0.5) is 0 Å². The van der Waals surface area contributed by atoms with Crippen LogP contribution in [-0.2, 0) is 13.6 Å². The maximum Gasteiger partial charge on any atom is 0.155 e. The van der Waals surface area contributed by atoms with Crippen LogP contribution >= 0.6 is 11.6 Å². The molecule has 2 rings (SSSR count). The molecule has 16 heavy (non-hydrogen) atoms. The monoisotopic (exact) mass is 238 g/mol. The van der Waals surface area contributed by atoms with E-state index in [1.54, 1.807) is 11.7 Å². The van der Waals surface area contributed by atoms with Gasteiger partial charge in [0.05, 0.1) is 5.56 Å². The van der Waals surface area contributed by atoms with Crippen LogP contribution in [0.25, 0.3) is 11.4 Å². The van der Waals surface area contributed by atoms with Crippen molar-refractivity contribution in [1.82, 2.24) is 19.6 Å². The molecule has 0 atom stereocenters. The molecule has 0 unspecified atom stereocenters. The van der Waals surface area contributed by atoms with E-state index in [1.807, 2.05) is 19.2 Å². The van der Waals surface area contributed by atoms with Crippen LogP contribution < -0.4 is 0 Å². The van der Waals surface area contributed by atoms with Gasteiger partial charge < -0.3 is 0 Å². The number of nitrogens with zero attached hydrogens (tertiary/aromatic N) is 4. The first-order chi connectivity index (χ1) is 7.67. The molecule has 2 heterocycles. The highest BCUT2D eigenvalue weighted by Crippen LogP contribution is 2.25. The number of aldehydes is 1. The molecule has 0 bridgehead atoms. The van der Waals surface area contributed by atoms with Crippen molar-refractivity contribution < 1.29 is 4.79 Å². The first-order valence-corrected chi connectivity index (χ1v) is 5.26. The van der Waals surface area contributed by atoms with Gasteiger partial charge in [-0.3, -0.25) is 14.2 Å². The number of aryl methyl sites for hydroxylation is 2. The second-order valence-electron chi connectivity index (χ2n) is 3.35. The minimum atomic E-state index is 0.330. The zero-order chi connectivity index (χ0) is 11.7. The number of halogens is 1. The molecule has 0 aliphatic heterocycles. The Morgan fingerprint density at radius 1 is 1.50 bits per heavy atom. The SMILES string of the molecule is CCn1ccc(-c2nn(C)c(Cl)c2C=O)n1. The molecule has 5 nitrogen and oxygen atoms in total. The highest BCUT2D eigenvalue weighted by Gasteiger charge is 2.17. The van der Waals surface area contributed by atoms with E-state index in [4.69, 9.17) is 11.6 Å². The van der Waals surface area contributed by atoms with Gasteiger partial charge in [-0.05, 0) is 13.0 Å². The molecule has 0 aromatic carbocycles. The smallest absolute Gasteiger partial charge is 0.155 e. The van der Waals surface area contributed by atoms with Gasteiger partial charge in [0.25, 0.3) is 0 Å². The van der Waals surface area contributed by atoms with Crippen molar-refractivity contribution in [1.29, 1.82) is 0 Å². The van der Waals surface area contributed by atoms with Crippen molar-refractivity contribution in [3.63, 3.8) is 0 Å². The van der Waals surface area contributed by atoms with Crippen LogP contribution in [0.1, 0.15) is 17.3 Å². The van der Waals surface area contributed by atoms with E-state index >= 15 is 0 Å². The van der Waals surface area contributed by atoms with Gasteiger partial charge in [-0.1, -0.05) is 11.6 Å². The Hall–Kier alpha value is -1.62. The fourth-order valence-corrected chi connectivity index (χ4v) is 1.65. The predicted octanol–water partition coefficient (Wildman–Crippen LogP) is 1.77.